The Hall–Kier alpha value is -0.270. The molecule has 3 saturated heterocycles. The Kier molecular flexibility index (Phi) is 4.15. The number of nitrogens with zero attached hydrogens (tertiary/aromatic N) is 2. The summed E-state index contributed by atoms with van der Waals surface area (Å²) in [4.78, 5) is 5.07. The molecule has 3 N–H and O–H groups in total. The Labute approximate surface area is 132 Å². The van der Waals surface area contributed by atoms with Crippen LogP contribution in [-0.2, 0) is 4.74 Å². The summed E-state index contributed by atoms with van der Waals surface area (Å²) in [6, 6.07) is 0.939. The third-order valence-corrected chi connectivity index (χ3v) is 6.22. The van der Waals surface area contributed by atoms with Gasteiger partial charge in [0.2, 0.25) is 0 Å². The number of halogens is 1. The molecule has 5 nitrogen and oxygen atoms in total. The first-order valence-corrected chi connectivity index (χ1v) is 8.86. The van der Waals surface area contributed by atoms with E-state index in [0.29, 0.717) is 37.1 Å². The second-order valence-electron chi connectivity index (χ2n) is 7.67. The van der Waals surface area contributed by atoms with Crippen LogP contribution in [0.15, 0.2) is 0 Å². The summed E-state index contributed by atoms with van der Waals surface area (Å²) in [7, 11) is 0. The SMILES string of the molecule is C[C@@H](N)C1CC(F)CC2CN3CC[C@H]4COCCN4C3NC21. The highest BCUT2D eigenvalue weighted by molar-refractivity contribution is 5.01. The van der Waals surface area contributed by atoms with Crippen LogP contribution in [0.25, 0.3) is 0 Å². The van der Waals surface area contributed by atoms with E-state index >= 15 is 0 Å². The van der Waals surface area contributed by atoms with E-state index in [1.807, 2.05) is 6.92 Å². The number of hydrogen-bond donors (Lipinski definition) is 2. The van der Waals surface area contributed by atoms with Gasteiger partial charge in [0.1, 0.15) is 12.5 Å². The summed E-state index contributed by atoms with van der Waals surface area (Å²) < 4.78 is 19.8. The Balaban J connectivity index is 1.54. The van der Waals surface area contributed by atoms with Crippen molar-refractivity contribution in [2.24, 2.45) is 17.6 Å². The van der Waals surface area contributed by atoms with Gasteiger partial charge in [-0.15, -0.1) is 0 Å². The van der Waals surface area contributed by atoms with Crippen molar-refractivity contribution in [1.82, 2.24) is 15.1 Å². The van der Waals surface area contributed by atoms with E-state index < -0.39 is 6.17 Å². The fourth-order valence-electron chi connectivity index (χ4n) is 5.10. The summed E-state index contributed by atoms with van der Waals surface area (Å²) in [5.74, 6) is 0.644. The molecule has 7 atom stereocenters. The van der Waals surface area contributed by atoms with Crippen molar-refractivity contribution in [2.45, 2.75) is 56.8 Å². The van der Waals surface area contributed by atoms with E-state index in [0.717, 1.165) is 39.3 Å². The fraction of sp³-hybridized carbons (Fsp3) is 1.00. The lowest BCUT2D eigenvalue weighted by Gasteiger charge is -2.58. The van der Waals surface area contributed by atoms with Crippen LogP contribution in [0.1, 0.15) is 26.2 Å². The largest absolute Gasteiger partial charge is 0.378 e. The molecule has 0 aromatic carbocycles. The van der Waals surface area contributed by atoms with Gasteiger partial charge in [-0.2, -0.15) is 0 Å². The van der Waals surface area contributed by atoms with Crippen LogP contribution in [0.4, 0.5) is 4.39 Å². The third kappa shape index (κ3) is 2.59. The average molecular weight is 312 g/mol. The van der Waals surface area contributed by atoms with E-state index in [2.05, 4.69) is 15.1 Å². The minimum absolute atomic E-state index is 0.0502. The first kappa shape index (κ1) is 15.3. The van der Waals surface area contributed by atoms with Crippen LogP contribution in [0.3, 0.4) is 0 Å². The van der Waals surface area contributed by atoms with Crippen molar-refractivity contribution in [3.05, 3.63) is 0 Å². The minimum atomic E-state index is -0.684. The Morgan fingerprint density at radius 3 is 3.00 bits per heavy atom. The fourth-order valence-corrected chi connectivity index (χ4v) is 5.10. The molecule has 6 heteroatoms. The second-order valence-corrected chi connectivity index (χ2v) is 7.67. The highest BCUT2D eigenvalue weighted by Gasteiger charge is 2.48. The maximum absolute atomic E-state index is 14.1. The van der Waals surface area contributed by atoms with Crippen LogP contribution in [0, 0.1) is 11.8 Å². The van der Waals surface area contributed by atoms with Gasteiger partial charge in [-0.1, -0.05) is 0 Å². The predicted octanol–water partition coefficient (Wildman–Crippen LogP) is 0.360. The number of rotatable bonds is 1. The molecule has 4 rings (SSSR count). The molecule has 0 amide bonds. The van der Waals surface area contributed by atoms with Crippen molar-refractivity contribution in [1.29, 1.82) is 0 Å². The Morgan fingerprint density at radius 1 is 1.32 bits per heavy atom. The highest BCUT2D eigenvalue weighted by Crippen LogP contribution is 2.38. The van der Waals surface area contributed by atoms with Gasteiger partial charge in [-0.25, -0.2) is 4.39 Å². The molecule has 1 saturated carbocycles. The molecule has 3 aliphatic heterocycles. The van der Waals surface area contributed by atoms with Gasteiger partial charge in [0, 0.05) is 37.8 Å². The predicted molar refractivity (Wildman–Crippen MR) is 83.0 cm³/mol. The van der Waals surface area contributed by atoms with Gasteiger partial charge < -0.3 is 10.5 Å². The number of alkyl halides is 1. The van der Waals surface area contributed by atoms with Gasteiger partial charge in [-0.05, 0) is 38.0 Å². The topological polar surface area (TPSA) is 53.8 Å². The molecule has 0 radical (unpaired) electrons. The van der Waals surface area contributed by atoms with Gasteiger partial charge in [0.15, 0.2) is 0 Å². The van der Waals surface area contributed by atoms with Gasteiger partial charge >= 0.3 is 0 Å². The highest BCUT2D eigenvalue weighted by atomic mass is 19.1. The molecule has 0 aromatic rings. The zero-order valence-electron chi connectivity index (χ0n) is 13.5. The summed E-state index contributed by atoms with van der Waals surface area (Å²) in [5, 5.41) is 3.86. The molecule has 0 bridgehead atoms. The lowest BCUT2D eigenvalue weighted by molar-refractivity contribution is -0.150. The first-order valence-electron chi connectivity index (χ1n) is 8.86. The van der Waals surface area contributed by atoms with Gasteiger partial charge in [0.05, 0.1) is 13.2 Å². The van der Waals surface area contributed by atoms with E-state index in [-0.39, 0.29) is 12.0 Å². The lowest BCUT2D eigenvalue weighted by atomic mass is 9.72. The maximum atomic E-state index is 14.1. The molecule has 126 valence electrons. The van der Waals surface area contributed by atoms with Gasteiger partial charge in [-0.3, -0.25) is 15.1 Å². The molecule has 4 aliphatic rings. The monoisotopic (exact) mass is 312 g/mol. The number of fused-ring (bicyclic) bond motifs is 4. The second kappa shape index (κ2) is 5.98. The summed E-state index contributed by atoms with van der Waals surface area (Å²) in [6.45, 7) is 6.79. The molecule has 0 spiro atoms. The van der Waals surface area contributed by atoms with E-state index in [1.165, 1.54) is 0 Å². The number of hydrogen-bond acceptors (Lipinski definition) is 5. The Bertz CT molecular complexity index is 408. The summed E-state index contributed by atoms with van der Waals surface area (Å²) >= 11 is 0. The van der Waals surface area contributed by atoms with Crippen LogP contribution in [0.2, 0.25) is 0 Å². The number of nitrogens with one attached hydrogen (secondary N) is 1. The minimum Gasteiger partial charge on any atom is -0.378 e. The molecular formula is C16H29FN4O. The van der Waals surface area contributed by atoms with Crippen LogP contribution < -0.4 is 11.1 Å². The average Bonchev–Trinajstić information content (AvgIpc) is 2.52. The van der Waals surface area contributed by atoms with Crippen molar-refractivity contribution in [2.75, 3.05) is 32.8 Å². The molecule has 0 aromatic heterocycles. The smallest absolute Gasteiger partial charge is 0.117 e. The van der Waals surface area contributed by atoms with Crippen molar-refractivity contribution in [3.63, 3.8) is 0 Å². The zero-order valence-corrected chi connectivity index (χ0v) is 13.5. The number of nitrogens with two attached hydrogens (primary N) is 1. The molecule has 1 aliphatic carbocycles. The molecule has 4 fully saturated rings. The van der Waals surface area contributed by atoms with E-state index in [1.54, 1.807) is 0 Å². The van der Waals surface area contributed by atoms with Gasteiger partial charge in [0.25, 0.3) is 0 Å². The maximum Gasteiger partial charge on any atom is 0.117 e. The number of ether oxygens (including phenoxy) is 1. The van der Waals surface area contributed by atoms with Crippen molar-refractivity contribution in [3.8, 4) is 0 Å². The molecule has 3 heterocycles. The summed E-state index contributed by atoms with van der Waals surface area (Å²) in [5.41, 5.74) is 6.18. The van der Waals surface area contributed by atoms with Crippen LogP contribution in [-0.4, -0.2) is 73.2 Å². The quantitative estimate of drug-likeness (QED) is 0.732. The molecule has 22 heavy (non-hydrogen) atoms. The normalized spacial score (nSPS) is 48.1. The van der Waals surface area contributed by atoms with Crippen molar-refractivity contribution >= 4 is 0 Å². The number of morpholine rings is 1. The van der Waals surface area contributed by atoms with E-state index in [9.17, 15) is 4.39 Å². The first-order chi connectivity index (χ1) is 10.6. The summed E-state index contributed by atoms with van der Waals surface area (Å²) in [6.07, 6.45) is 2.07. The lowest BCUT2D eigenvalue weighted by Crippen LogP contribution is -2.74. The van der Waals surface area contributed by atoms with Crippen LogP contribution in [0.5, 0.6) is 0 Å². The molecular weight excluding hydrogens is 283 g/mol. The Morgan fingerprint density at radius 2 is 2.18 bits per heavy atom. The van der Waals surface area contributed by atoms with E-state index in [4.69, 9.17) is 10.5 Å². The molecule has 5 unspecified atom stereocenters. The standard InChI is InChI=1S/C16H29FN4O/c1-10(18)14-7-12(17)6-11-8-20-3-2-13-9-22-5-4-21(13)16(20)19-15(11)14/h10-16,19H,2-9,18H2,1H3/t10-,11?,12?,13+,14?,15?,16?/m1/s1. The van der Waals surface area contributed by atoms with Crippen molar-refractivity contribution < 1.29 is 9.13 Å². The zero-order chi connectivity index (χ0) is 15.3. The van der Waals surface area contributed by atoms with Crippen LogP contribution >= 0.6 is 0 Å². The third-order valence-electron chi connectivity index (χ3n) is 6.22.